The van der Waals surface area contributed by atoms with Gasteiger partial charge in [0.1, 0.15) is 0 Å². The number of fused-ring (bicyclic) bond motifs is 2. The number of rotatable bonds is 6. The van der Waals surface area contributed by atoms with Crippen LogP contribution in [0.2, 0.25) is 0 Å². The highest BCUT2D eigenvalue weighted by Gasteiger charge is 2.28. The summed E-state index contributed by atoms with van der Waals surface area (Å²) in [6.45, 7) is 1.60. The van der Waals surface area contributed by atoms with Gasteiger partial charge >= 0.3 is 0 Å². The Morgan fingerprint density at radius 3 is 0.969 bits per heavy atom. The Balaban J connectivity index is 1.54. The van der Waals surface area contributed by atoms with Gasteiger partial charge in [-0.15, -0.1) is 23.2 Å². The lowest BCUT2D eigenvalue weighted by Crippen LogP contribution is -2.29. The molecule has 0 N–H and O–H groups in total. The summed E-state index contributed by atoms with van der Waals surface area (Å²) in [6.07, 6.45) is 0. The number of benzene rings is 4. The molecule has 0 aromatic heterocycles. The van der Waals surface area contributed by atoms with E-state index in [1.54, 1.807) is 0 Å². The highest BCUT2D eigenvalue weighted by Crippen LogP contribution is 2.48. The number of para-hydroxylation sites is 4. The van der Waals surface area contributed by atoms with Gasteiger partial charge in [-0.3, -0.25) is 0 Å². The smallest absolute Gasteiger partial charge is 0.0655 e. The first kappa shape index (κ1) is 20.9. The van der Waals surface area contributed by atoms with Gasteiger partial charge in [0.25, 0.3) is 0 Å². The number of anilines is 4. The highest BCUT2D eigenvalue weighted by molar-refractivity contribution is 6.17. The Morgan fingerprint density at radius 1 is 0.406 bits per heavy atom. The van der Waals surface area contributed by atoms with E-state index in [0.717, 1.165) is 24.2 Å². The van der Waals surface area contributed by atoms with Gasteiger partial charge in [-0.2, -0.15) is 0 Å². The molecule has 0 radical (unpaired) electrons. The Hall–Kier alpha value is -2.94. The first-order valence-corrected chi connectivity index (χ1v) is 11.8. The molecule has 1 aliphatic rings. The summed E-state index contributed by atoms with van der Waals surface area (Å²) < 4.78 is 0. The molecular formula is C28H24Cl2N2. The largest absolute Gasteiger partial charge is 0.334 e. The summed E-state index contributed by atoms with van der Waals surface area (Å²) in [6, 6.07) is 34.4. The summed E-state index contributed by atoms with van der Waals surface area (Å²) in [5, 5.41) is 0. The molecule has 4 aromatic rings. The maximum atomic E-state index is 5.98. The third kappa shape index (κ3) is 4.09. The lowest BCUT2D eigenvalue weighted by molar-refractivity contribution is 0.903. The Labute approximate surface area is 199 Å². The van der Waals surface area contributed by atoms with Crippen LogP contribution in [0.5, 0.6) is 0 Å². The average Bonchev–Trinajstić information content (AvgIpc) is 2.86. The minimum atomic E-state index is 0.538. The lowest BCUT2D eigenvalue weighted by atomic mass is 10.0. The number of halogens is 2. The summed E-state index contributed by atoms with van der Waals surface area (Å²) in [5.74, 6) is 1.08. The summed E-state index contributed by atoms with van der Waals surface area (Å²) in [7, 11) is 0. The topological polar surface area (TPSA) is 6.48 Å². The van der Waals surface area contributed by atoms with Gasteiger partial charge in [-0.05, 0) is 46.5 Å². The normalized spacial score (nSPS) is 12.4. The monoisotopic (exact) mass is 458 g/mol. The molecule has 0 fully saturated rings. The van der Waals surface area contributed by atoms with Crippen LogP contribution in [-0.2, 0) is 24.8 Å². The van der Waals surface area contributed by atoms with Crippen molar-refractivity contribution < 1.29 is 0 Å². The first-order valence-electron chi connectivity index (χ1n) is 10.8. The third-order valence-corrected chi connectivity index (χ3v) is 6.58. The van der Waals surface area contributed by atoms with Gasteiger partial charge in [-0.1, -0.05) is 72.8 Å². The molecule has 1 heterocycles. The van der Waals surface area contributed by atoms with Crippen molar-refractivity contribution in [3.8, 4) is 0 Å². The zero-order valence-corrected chi connectivity index (χ0v) is 19.2. The van der Waals surface area contributed by atoms with Crippen LogP contribution >= 0.6 is 23.2 Å². The van der Waals surface area contributed by atoms with Crippen molar-refractivity contribution >= 4 is 46.0 Å². The molecule has 0 spiro atoms. The van der Waals surface area contributed by atoms with E-state index in [9.17, 15) is 0 Å². The zero-order valence-electron chi connectivity index (χ0n) is 17.7. The maximum Gasteiger partial charge on any atom is 0.0655 e. The van der Waals surface area contributed by atoms with Crippen molar-refractivity contribution in [1.29, 1.82) is 0 Å². The van der Waals surface area contributed by atoms with Crippen molar-refractivity contribution in [2.24, 2.45) is 0 Å². The van der Waals surface area contributed by atoms with Crippen molar-refractivity contribution in [1.82, 2.24) is 0 Å². The van der Waals surface area contributed by atoms with Crippen LogP contribution in [-0.4, -0.2) is 0 Å². The van der Waals surface area contributed by atoms with Gasteiger partial charge in [-0.25, -0.2) is 0 Å². The maximum absolute atomic E-state index is 5.98. The fraction of sp³-hybridized carbons (Fsp3) is 0.143. The molecular weight excluding hydrogens is 435 g/mol. The van der Waals surface area contributed by atoms with Crippen LogP contribution in [0.4, 0.5) is 22.7 Å². The first-order chi connectivity index (χ1) is 15.8. The van der Waals surface area contributed by atoms with Gasteiger partial charge < -0.3 is 9.80 Å². The molecule has 0 atom stereocenters. The van der Waals surface area contributed by atoms with E-state index in [0.29, 0.717) is 11.8 Å². The molecule has 0 bridgehead atoms. The number of hydrogen-bond donors (Lipinski definition) is 0. The quantitative estimate of drug-likeness (QED) is 0.269. The minimum Gasteiger partial charge on any atom is -0.334 e. The fourth-order valence-corrected chi connectivity index (χ4v) is 4.63. The van der Waals surface area contributed by atoms with Gasteiger partial charge in [0.05, 0.1) is 22.7 Å². The van der Waals surface area contributed by atoms with Crippen molar-refractivity contribution in [3.63, 3.8) is 0 Å². The highest BCUT2D eigenvalue weighted by atomic mass is 35.5. The van der Waals surface area contributed by atoms with Gasteiger partial charge in [0.15, 0.2) is 0 Å². The SMILES string of the molecule is ClCc1ccc(CN2c3ccccc3N(Cc3ccc(CCl)cc3)c3ccccc32)cc1. The van der Waals surface area contributed by atoms with E-state index >= 15 is 0 Å². The minimum absolute atomic E-state index is 0.538. The van der Waals surface area contributed by atoms with Crippen molar-refractivity contribution in [2.75, 3.05) is 9.80 Å². The third-order valence-electron chi connectivity index (χ3n) is 5.96. The molecule has 32 heavy (non-hydrogen) atoms. The van der Waals surface area contributed by atoms with E-state index in [2.05, 4.69) is 107 Å². The van der Waals surface area contributed by atoms with E-state index in [1.807, 2.05) is 0 Å². The molecule has 160 valence electrons. The number of hydrogen-bond acceptors (Lipinski definition) is 2. The molecule has 0 unspecified atom stereocenters. The Bertz CT molecular complexity index is 1060. The average molecular weight is 459 g/mol. The zero-order chi connectivity index (χ0) is 21.9. The molecule has 0 saturated heterocycles. The number of nitrogens with zero attached hydrogens (tertiary/aromatic N) is 2. The Morgan fingerprint density at radius 2 is 0.688 bits per heavy atom. The summed E-state index contributed by atoms with van der Waals surface area (Å²) in [4.78, 5) is 4.82. The molecule has 0 saturated carbocycles. The Kier molecular flexibility index (Phi) is 6.07. The van der Waals surface area contributed by atoms with Gasteiger partial charge in [0, 0.05) is 24.8 Å². The van der Waals surface area contributed by atoms with Crippen LogP contribution in [0.1, 0.15) is 22.3 Å². The van der Waals surface area contributed by atoms with Crippen molar-refractivity contribution in [3.05, 3.63) is 119 Å². The van der Waals surface area contributed by atoms with Gasteiger partial charge in [0.2, 0.25) is 0 Å². The van der Waals surface area contributed by atoms with Crippen molar-refractivity contribution in [2.45, 2.75) is 24.8 Å². The second kappa shape index (κ2) is 9.28. The molecule has 5 rings (SSSR count). The second-order valence-electron chi connectivity index (χ2n) is 8.05. The van der Waals surface area contributed by atoms with Crippen LogP contribution < -0.4 is 9.80 Å². The predicted octanol–water partition coefficient (Wildman–Crippen LogP) is 8.15. The standard InChI is InChI=1S/C28H24Cl2N2/c29-17-21-9-13-23(14-10-21)19-31-25-5-1-2-6-26(25)32(28-8-4-3-7-27(28)31)20-24-15-11-22(18-30)12-16-24/h1-16H,17-20H2. The fourth-order valence-electron chi connectivity index (χ4n) is 4.27. The summed E-state index contributed by atoms with van der Waals surface area (Å²) >= 11 is 12.0. The van der Waals surface area contributed by atoms with Crippen LogP contribution in [0.25, 0.3) is 0 Å². The molecule has 4 heteroatoms. The lowest BCUT2D eigenvalue weighted by Gasteiger charge is -2.40. The van der Waals surface area contributed by atoms with Crippen LogP contribution in [0.3, 0.4) is 0 Å². The molecule has 4 aromatic carbocycles. The summed E-state index contributed by atoms with van der Waals surface area (Å²) in [5.41, 5.74) is 9.65. The van der Waals surface area contributed by atoms with Crippen LogP contribution in [0.15, 0.2) is 97.1 Å². The molecule has 0 amide bonds. The second-order valence-corrected chi connectivity index (χ2v) is 8.58. The predicted molar refractivity (Wildman–Crippen MR) is 137 cm³/mol. The van der Waals surface area contributed by atoms with E-state index in [4.69, 9.17) is 23.2 Å². The molecule has 1 aliphatic heterocycles. The van der Waals surface area contributed by atoms with E-state index in [1.165, 1.54) is 33.9 Å². The van der Waals surface area contributed by atoms with E-state index in [-0.39, 0.29) is 0 Å². The van der Waals surface area contributed by atoms with Crippen LogP contribution in [0, 0.1) is 0 Å². The molecule has 0 aliphatic carbocycles. The molecule has 2 nitrogen and oxygen atoms in total. The van der Waals surface area contributed by atoms with E-state index < -0.39 is 0 Å². The number of alkyl halides is 2.